The van der Waals surface area contributed by atoms with Crippen LogP contribution in [0.1, 0.15) is 5.56 Å². The van der Waals surface area contributed by atoms with Crippen molar-refractivity contribution in [3.8, 4) is 5.88 Å². The van der Waals surface area contributed by atoms with Crippen molar-refractivity contribution in [1.82, 2.24) is 9.71 Å². The minimum Gasteiger partial charge on any atom is -0.481 e. The molecular weight excluding hydrogens is 319 g/mol. The molecule has 0 saturated heterocycles. The minimum atomic E-state index is -3.96. The highest BCUT2D eigenvalue weighted by Crippen LogP contribution is 2.19. The van der Waals surface area contributed by atoms with Crippen LogP contribution in [-0.4, -0.2) is 20.5 Å². The molecule has 2 aromatic rings. The van der Waals surface area contributed by atoms with Crippen molar-refractivity contribution in [1.29, 1.82) is 0 Å². The maximum Gasteiger partial charge on any atom is 0.243 e. The molecule has 0 aliphatic carbocycles. The summed E-state index contributed by atoms with van der Waals surface area (Å²) < 4.78 is 44.9. The fourth-order valence-corrected chi connectivity index (χ4v) is 2.82. The van der Waals surface area contributed by atoms with Crippen LogP contribution in [0.2, 0.25) is 5.02 Å². The Morgan fingerprint density at radius 1 is 1.33 bits per heavy atom. The summed E-state index contributed by atoms with van der Waals surface area (Å²) >= 11 is 5.59. The van der Waals surface area contributed by atoms with Crippen molar-refractivity contribution in [3.63, 3.8) is 0 Å². The second-order valence-corrected chi connectivity index (χ2v) is 6.28. The second kappa shape index (κ2) is 6.38. The Balaban J connectivity index is 2.13. The molecule has 0 saturated carbocycles. The second-order valence-electron chi connectivity index (χ2n) is 4.11. The quantitative estimate of drug-likeness (QED) is 0.913. The number of benzene rings is 1. The molecule has 8 heteroatoms. The van der Waals surface area contributed by atoms with Gasteiger partial charge in [0.1, 0.15) is 10.7 Å². The SMILES string of the molecule is COc1ccc(CNS(=O)(=O)c2ccc(Cl)cc2F)cn1. The first-order chi connectivity index (χ1) is 9.92. The molecule has 112 valence electrons. The highest BCUT2D eigenvalue weighted by molar-refractivity contribution is 7.89. The van der Waals surface area contributed by atoms with Gasteiger partial charge >= 0.3 is 0 Å². The standard InChI is InChI=1S/C13H12ClFN2O3S/c1-20-13-5-2-9(7-16-13)8-17-21(18,19)12-4-3-10(14)6-11(12)15/h2-7,17H,8H2,1H3. The van der Waals surface area contributed by atoms with E-state index in [1.165, 1.54) is 19.4 Å². The fraction of sp³-hybridized carbons (Fsp3) is 0.154. The smallest absolute Gasteiger partial charge is 0.243 e. The van der Waals surface area contributed by atoms with E-state index in [9.17, 15) is 12.8 Å². The number of methoxy groups -OCH3 is 1. The molecule has 0 radical (unpaired) electrons. The first-order valence-electron chi connectivity index (χ1n) is 5.86. The van der Waals surface area contributed by atoms with E-state index in [2.05, 4.69) is 9.71 Å². The Morgan fingerprint density at radius 2 is 2.10 bits per heavy atom. The van der Waals surface area contributed by atoms with Crippen LogP contribution in [-0.2, 0) is 16.6 Å². The largest absolute Gasteiger partial charge is 0.481 e. The maximum atomic E-state index is 13.6. The van der Waals surface area contributed by atoms with Crippen molar-refractivity contribution >= 4 is 21.6 Å². The summed E-state index contributed by atoms with van der Waals surface area (Å²) in [5.74, 6) is -0.479. The molecule has 0 aliphatic rings. The Labute approximate surface area is 126 Å². The highest BCUT2D eigenvalue weighted by atomic mass is 35.5. The van der Waals surface area contributed by atoms with Crippen LogP contribution in [0.25, 0.3) is 0 Å². The summed E-state index contributed by atoms with van der Waals surface area (Å²) in [6.45, 7) is -0.0125. The van der Waals surface area contributed by atoms with Gasteiger partial charge in [-0.3, -0.25) is 0 Å². The van der Waals surface area contributed by atoms with E-state index in [-0.39, 0.29) is 11.6 Å². The van der Waals surface area contributed by atoms with Gasteiger partial charge in [0.05, 0.1) is 7.11 Å². The molecule has 1 N–H and O–H groups in total. The molecule has 0 amide bonds. The van der Waals surface area contributed by atoms with Crippen molar-refractivity contribution in [2.24, 2.45) is 0 Å². The van der Waals surface area contributed by atoms with Crippen molar-refractivity contribution < 1.29 is 17.5 Å². The molecule has 0 unspecified atom stereocenters. The van der Waals surface area contributed by atoms with Gasteiger partial charge in [-0.25, -0.2) is 22.5 Å². The normalized spacial score (nSPS) is 11.4. The number of pyridine rings is 1. The summed E-state index contributed by atoms with van der Waals surface area (Å²) in [7, 11) is -2.48. The van der Waals surface area contributed by atoms with Crippen LogP contribution in [0.4, 0.5) is 4.39 Å². The number of rotatable bonds is 5. The van der Waals surface area contributed by atoms with E-state index < -0.39 is 20.7 Å². The average molecular weight is 331 g/mol. The third kappa shape index (κ3) is 3.90. The van der Waals surface area contributed by atoms with Crippen molar-refractivity contribution in [3.05, 3.63) is 52.9 Å². The molecule has 21 heavy (non-hydrogen) atoms. The fourth-order valence-electron chi connectivity index (χ4n) is 1.59. The molecule has 5 nitrogen and oxygen atoms in total. The van der Waals surface area contributed by atoms with E-state index in [0.29, 0.717) is 11.4 Å². The summed E-state index contributed by atoms with van der Waals surface area (Å²) in [5, 5.41) is 0.130. The number of halogens is 2. The van der Waals surface area contributed by atoms with E-state index in [1.807, 2.05) is 0 Å². The summed E-state index contributed by atoms with van der Waals surface area (Å²) in [5.41, 5.74) is 0.619. The molecule has 0 fully saturated rings. The number of hydrogen-bond acceptors (Lipinski definition) is 4. The molecule has 1 heterocycles. The molecule has 0 bridgehead atoms. The Hall–Kier alpha value is -1.70. The molecule has 1 aromatic heterocycles. The molecular formula is C13H12ClFN2O3S. The number of aromatic nitrogens is 1. The summed E-state index contributed by atoms with van der Waals surface area (Å²) in [6.07, 6.45) is 1.47. The molecule has 0 atom stereocenters. The number of hydrogen-bond donors (Lipinski definition) is 1. The van der Waals surface area contributed by atoms with Crippen molar-refractivity contribution in [2.75, 3.05) is 7.11 Å². The minimum absolute atomic E-state index is 0.0125. The van der Waals surface area contributed by atoms with E-state index in [1.54, 1.807) is 12.1 Å². The highest BCUT2D eigenvalue weighted by Gasteiger charge is 2.18. The topological polar surface area (TPSA) is 68.3 Å². The van der Waals surface area contributed by atoms with Gasteiger partial charge in [0.15, 0.2) is 0 Å². The van der Waals surface area contributed by atoms with E-state index in [0.717, 1.165) is 12.1 Å². The zero-order valence-corrected chi connectivity index (χ0v) is 12.6. The lowest BCUT2D eigenvalue weighted by atomic mass is 10.3. The van der Waals surface area contributed by atoms with Crippen LogP contribution in [0.3, 0.4) is 0 Å². The number of ether oxygens (including phenoxy) is 1. The van der Waals surface area contributed by atoms with Gasteiger partial charge in [-0.1, -0.05) is 17.7 Å². The van der Waals surface area contributed by atoms with Gasteiger partial charge in [-0.2, -0.15) is 0 Å². The summed E-state index contributed by atoms with van der Waals surface area (Å²) in [4.78, 5) is 3.50. The van der Waals surface area contributed by atoms with Gasteiger partial charge in [-0.05, 0) is 23.8 Å². The average Bonchev–Trinajstić information content (AvgIpc) is 2.45. The predicted molar refractivity (Wildman–Crippen MR) is 76.2 cm³/mol. The van der Waals surface area contributed by atoms with Crippen LogP contribution in [0.5, 0.6) is 5.88 Å². The van der Waals surface area contributed by atoms with Gasteiger partial charge in [0, 0.05) is 23.8 Å². The summed E-state index contributed by atoms with van der Waals surface area (Å²) in [6, 6.07) is 6.64. The maximum absolute atomic E-state index is 13.6. The third-order valence-corrected chi connectivity index (χ3v) is 4.33. The zero-order chi connectivity index (χ0) is 15.5. The van der Waals surface area contributed by atoms with Crippen LogP contribution in [0, 0.1) is 5.82 Å². The van der Waals surface area contributed by atoms with Crippen molar-refractivity contribution in [2.45, 2.75) is 11.4 Å². The first kappa shape index (κ1) is 15.7. The third-order valence-electron chi connectivity index (χ3n) is 2.66. The molecule has 1 aromatic carbocycles. The molecule has 2 rings (SSSR count). The lowest BCUT2D eigenvalue weighted by Gasteiger charge is -2.08. The van der Waals surface area contributed by atoms with Crippen LogP contribution >= 0.6 is 11.6 Å². The van der Waals surface area contributed by atoms with Crippen LogP contribution in [0.15, 0.2) is 41.4 Å². The lowest BCUT2D eigenvalue weighted by molar-refractivity contribution is 0.397. The number of sulfonamides is 1. The molecule has 0 spiro atoms. The van der Waals surface area contributed by atoms with E-state index >= 15 is 0 Å². The Morgan fingerprint density at radius 3 is 2.67 bits per heavy atom. The zero-order valence-electron chi connectivity index (χ0n) is 11.0. The Bertz CT molecular complexity index is 736. The van der Waals surface area contributed by atoms with Crippen LogP contribution < -0.4 is 9.46 Å². The molecule has 0 aliphatic heterocycles. The van der Waals surface area contributed by atoms with Gasteiger partial charge in [0.25, 0.3) is 0 Å². The predicted octanol–water partition coefficient (Wildman–Crippen LogP) is 2.36. The van der Waals surface area contributed by atoms with Gasteiger partial charge in [-0.15, -0.1) is 0 Å². The number of nitrogens with one attached hydrogen (secondary N) is 1. The van der Waals surface area contributed by atoms with Gasteiger partial charge in [0.2, 0.25) is 15.9 Å². The Kier molecular flexibility index (Phi) is 4.76. The first-order valence-corrected chi connectivity index (χ1v) is 7.72. The van der Waals surface area contributed by atoms with E-state index in [4.69, 9.17) is 16.3 Å². The number of nitrogens with zero attached hydrogens (tertiary/aromatic N) is 1. The van der Waals surface area contributed by atoms with Gasteiger partial charge < -0.3 is 4.74 Å². The monoisotopic (exact) mass is 330 g/mol. The lowest BCUT2D eigenvalue weighted by Crippen LogP contribution is -2.24.